The number of aliphatic carboxylic acids is 1. The van der Waals surface area contributed by atoms with Crippen molar-refractivity contribution in [3.63, 3.8) is 0 Å². The molecule has 1 aromatic carbocycles. The van der Waals surface area contributed by atoms with E-state index >= 15 is 0 Å². The molecule has 3 rings (SSSR count). The van der Waals surface area contributed by atoms with Crippen LogP contribution in [0.2, 0.25) is 0 Å². The maximum Gasteiger partial charge on any atom is 0.308 e. The van der Waals surface area contributed by atoms with Crippen molar-refractivity contribution in [1.29, 1.82) is 0 Å². The zero-order chi connectivity index (χ0) is 18.5. The van der Waals surface area contributed by atoms with Crippen LogP contribution in [0.3, 0.4) is 0 Å². The van der Waals surface area contributed by atoms with Crippen LogP contribution in [0.15, 0.2) is 24.3 Å². The van der Waals surface area contributed by atoms with Gasteiger partial charge in [-0.1, -0.05) is 12.1 Å². The van der Waals surface area contributed by atoms with Gasteiger partial charge in [-0.05, 0) is 31.5 Å². The van der Waals surface area contributed by atoms with Gasteiger partial charge in [0.15, 0.2) is 5.78 Å². The van der Waals surface area contributed by atoms with Gasteiger partial charge in [0.05, 0.1) is 5.92 Å². The molecule has 1 saturated heterocycles. The molecule has 8 heteroatoms. The zero-order valence-electron chi connectivity index (χ0n) is 13.8. The van der Waals surface area contributed by atoms with Crippen molar-refractivity contribution in [2.75, 3.05) is 0 Å². The highest BCUT2D eigenvalue weighted by atomic mass is 32.2. The molecular weight excluding hydrogens is 344 g/mol. The standard InChI is InChI=1S/C17H20N2O5S/c1-17(2)10(16(23)24)9-13(21)12(14(9)25-17)19-15(22)11(18)7-3-5-8(20)6-4-7/h3-6,9-12,14,20H,18H2,1-2H3,(H,19,22)(H,23,24)/t9?,10?,11?,12-,14?/m1/s1. The number of phenolic OH excluding ortho intramolecular Hbond substituents is 1. The molecule has 7 nitrogen and oxygen atoms in total. The first kappa shape index (κ1) is 17.8. The first-order valence-electron chi connectivity index (χ1n) is 7.92. The predicted octanol–water partition coefficient (Wildman–Crippen LogP) is 0.670. The second-order valence-electron chi connectivity index (χ2n) is 6.99. The van der Waals surface area contributed by atoms with Crippen molar-refractivity contribution in [3.05, 3.63) is 29.8 Å². The minimum atomic E-state index is -0.982. The number of Topliss-reactive ketones (excluding diaryl/α,β-unsaturated/α-hetero) is 1. The van der Waals surface area contributed by atoms with Gasteiger partial charge in [-0.15, -0.1) is 11.8 Å². The van der Waals surface area contributed by atoms with Gasteiger partial charge >= 0.3 is 5.97 Å². The number of carbonyl (C=O) groups excluding carboxylic acids is 2. The molecule has 1 aliphatic heterocycles. The van der Waals surface area contributed by atoms with Crippen molar-refractivity contribution in [2.24, 2.45) is 17.6 Å². The molecule has 0 aromatic heterocycles. The highest BCUT2D eigenvalue weighted by Gasteiger charge is 2.66. The third kappa shape index (κ3) is 2.89. The van der Waals surface area contributed by atoms with Crippen LogP contribution in [0, 0.1) is 11.8 Å². The lowest BCUT2D eigenvalue weighted by Gasteiger charge is -2.39. The molecule has 2 fully saturated rings. The summed E-state index contributed by atoms with van der Waals surface area (Å²) in [5.41, 5.74) is 6.44. The van der Waals surface area contributed by atoms with E-state index in [1.54, 1.807) is 12.1 Å². The lowest BCUT2D eigenvalue weighted by Crippen LogP contribution is -2.64. The smallest absolute Gasteiger partial charge is 0.308 e. The average Bonchev–Trinajstić information content (AvgIpc) is 2.80. The molecule has 0 radical (unpaired) electrons. The fourth-order valence-electron chi connectivity index (χ4n) is 3.65. The first-order chi connectivity index (χ1) is 11.6. The van der Waals surface area contributed by atoms with Crippen LogP contribution in [0.4, 0.5) is 0 Å². The highest BCUT2D eigenvalue weighted by molar-refractivity contribution is 8.01. The maximum absolute atomic E-state index is 12.4. The normalized spacial score (nSPS) is 30.9. The number of amides is 1. The molecule has 0 spiro atoms. The number of aromatic hydroxyl groups is 1. The third-order valence-corrected chi connectivity index (χ3v) is 6.66. The van der Waals surface area contributed by atoms with Crippen LogP contribution in [0.1, 0.15) is 25.5 Å². The summed E-state index contributed by atoms with van der Waals surface area (Å²) in [5.74, 6) is -3.00. The SMILES string of the molecule is CC1(C)SC2C(C(=O)[C@H]2NC(=O)C(N)c2ccc(O)cc2)C1C(=O)O. The quantitative estimate of drug-likeness (QED) is 0.618. The summed E-state index contributed by atoms with van der Waals surface area (Å²) in [7, 11) is 0. The van der Waals surface area contributed by atoms with Crippen molar-refractivity contribution in [1.82, 2.24) is 5.32 Å². The Balaban J connectivity index is 1.70. The summed E-state index contributed by atoms with van der Waals surface area (Å²) < 4.78 is -0.574. The molecule has 2 aliphatic rings. The number of phenols is 1. The second-order valence-corrected chi connectivity index (χ2v) is 8.82. The van der Waals surface area contributed by atoms with Crippen molar-refractivity contribution >= 4 is 29.4 Å². The van der Waals surface area contributed by atoms with Gasteiger partial charge < -0.3 is 21.3 Å². The van der Waals surface area contributed by atoms with Crippen LogP contribution in [-0.2, 0) is 14.4 Å². The van der Waals surface area contributed by atoms with E-state index in [1.165, 1.54) is 23.9 Å². The summed E-state index contributed by atoms with van der Waals surface area (Å²) in [6.45, 7) is 3.62. The van der Waals surface area contributed by atoms with Gasteiger partial charge in [0.1, 0.15) is 17.8 Å². The van der Waals surface area contributed by atoms with E-state index in [4.69, 9.17) is 5.73 Å². The number of nitrogens with two attached hydrogens (primary N) is 1. The molecule has 1 amide bonds. The lowest BCUT2D eigenvalue weighted by molar-refractivity contribution is -0.151. The molecule has 5 atom stereocenters. The number of ketones is 1. The maximum atomic E-state index is 12.4. The zero-order valence-corrected chi connectivity index (χ0v) is 14.6. The van der Waals surface area contributed by atoms with Gasteiger partial charge in [-0.25, -0.2) is 0 Å². The number of hydrogen-bond donors (Lipinski definition) is 4. The van der Waals surface area contributed by atoms with E-state index in [-0.39, 0.29) is 16.8 Å². The molecule has 1 heterocycles. The fourth-order valence-corrected chi connectivity index (χ4v) is 5.52. The minimum Gasteiger partial charge on any atom is -0.508 e. The molecule has 1 saturated carbocycles. The second kappa shape index (κ2) is 6.03. The average molecular weight is 364 g/mol. The Kier molecular flexibility index (Phi) is 4.28. The van der Waals surface area contributed by atoms with E-state index in [2.05, 4.69) is 5.32 Å². The largest absolute Gasteiger partial charge is 0.508 e. The number of carboxylic acids is 1. The van der Waals surface area contributed by atoms with Gasteiger partial charge in [0.2, 0.25) is 5.91 Å². The Morgan fingerprint density at radius 1 is 1.28 bits per heavy atom. The van der Waals surface area contributed by atoms with E-state index < -0.39 is 40.5 Å². The van der Waals surface area contributed by atoms with Gasteiger partial charge in [-0.3, -0.25) is 14.4 Å². The molecule has 5 N–H and O–H groups in total. The van der Waals surface area contributed by atoms with E-state index in [1.807, 2.05) is 13.8 Å². The van der Waals surface area contributed by atoms with Crippen molar-refractivity contribution in [2.45, 2.75) is 35.9 Å². The van der Waals surface area contributed by atoms with E-state index in [0.29, 0.717) is 5.56 Å². The monoisotopic (exact) mass is 364 g/mol. The molecule has 0 bridgehead atoms. The summed E-state index contributed by atoms with van der Waals surface area (Å²) in [6.07, 6.45) is 0. The lowest BCUT2D eigenvalue weighted by atomic mass is 9.67. The van der Waals surface area contributed by atoms with E-state index in [0.717, 1.165) is 0 Å². The van der Waals surface area contributed by atoms with Crippen LogP contribution in [-0.4, -0.2) is 43.9 Å². The Bertz CT molecular complexity index is 733. The van der Waals surface area contributed by atoms with Crippen molar-refractivity contribution in [3.8, 4) is 5.75 Å². The highest BCUT2D eigenvalue weighted by Crippen LogP contribution is 2.57. The third-order valence-electron chi connectivity index (χ3n) is 4.96. The molecule has 4 unspecified atom stereocenters. The molecule has 1 aliphatic carbocycles. The number of rotatable bonds is 4. The van der Waals surface area contributed by atoms with Crippen LogP contribution < -0.4 is 11.1 Å². The number of hydrogen-bond acceptors (Lipinski definition) is 6. The number of benzene rings is 1. The number of carbonyl (C=O) groups is 3. The van der Waals surface area contributed by atoms with Gasteiger partial charge in [0, 0.05) is 15.9 Å². The molecular formula is C17H20N2O5S. The number of nitrogens with one attached hydrogen (secondary N) is 1. The van der Waals surface area contributed by atoms with Gasteiger partial charge in [-0.2, -0.15) is 0 Å². The number of carboxylic acid groups (broad SMARTS) is 1. The summed E-state index contributed by atoms with van der Waals surface area (Å²) >= 11 is 1.43. The summed E-state index contributed by atoms with van der Waals surface area (Å²) in [5, 5.41) is 21.1. The molecule has 1 aromatic rings. The van der Waals surface area contributed by atoms with E-state index in [9.17, 15) is 24.6 Å². The number of fused-ring (bicyclic) bond motifs is 1. The summed E-state index contributed by atoms with van der Waals surface area (Å²) in [4.78, 5) is 36.3. The fraction of sp³-hybridized carbons (Fsp3) is 0.471. The number of thioether (sulfide) groups is 1. The molecule has 134 valence electrons. The van der Waals surface area contributed by atoms with Gasteiger partial charge in [0.25, 0.3) is 0 Å². The van der Waals surface area contributed by atoms with Crippen LogP contribution >= 0.6 is 11.8 Å². The van der Waals surface area contributed by atoms with Crippen LogP contribution in [0.5, 0.6) is 5.75 Å². The summed E-state index contributed by atoms with van der Waals surface area (Å²) in [6, 6.07) is 4.26. The first-order valence-corrected chi connectivity index (χ1v) is 8.80. The predicted molar refractivity (Wildman–Crippen MR) is 92.0 cm³/mol. The minimum absolute atomic E-state index is 0.0673. The molecule has 25 heavy (non-hydrogen) atoms. The Morgan fingerprint density at radius 3 is 2.44 bits per heavy atom. The topological polar surface area (TPSA) is 130 Å². The Hall–Kier alpha value is -2.06. The van der Waals surface area contributed by atoms with Crippen molar-refractivity contribution < 1.29 is 24.6 Å². The Labute approximate surface area is 149 Å². The van der Waals surface area contributed by atoms with Crippen LogP contribution in [0.25, 0.3) is 0 Å². The Morgan fingerprint density at radius 2 is 1.88 bits per heavy atom.